The third-order valence-electron chi connectivity index (χ3n) is 5.43. The number of aliphatic hydroxyl groups is 1. The van der Waals surface area contributed by atoms with Crippen molar-refractivity contribution >= 4 is 59.8 Å². The summed E-state index contributed by atoms with van der Waals surface area (Å²) < 4.78 is 54.6. The predicted molar refractivity (Wildman–Crippen MR) is 144 cm³/mol. The molecule has 0 saturated heterocycles. The number of H-pyrrole nitrogens is 1. The fourth-order valence-electron chi connectivity index (χ4n) is 3.81. The highest BCUT2D eigenvalue weighted by molar-refractivity contribution is 7.92. The summed E-state index contributed by atoms with van der Waals surface area (Å²) in [5.74, 6) is 0.661. The molecule has 12 heteroatoms. The van der Waals surface area contributed by atoms with Gasteiger partial charge in [0.25, 0.3) is 0 Å². The van der Waals surface area contributed by atoms with Gasteiger partial charge in [-0.05, 0) is 42.0 Å². The van der Waals surface area contributed by atoms with Crippen molar-refractivity contribution in [1.29, 1.82) is 0 Å². The summed E-state index contributed by atoms with van der Waals surface area (Å²) in [7, 11) is -6.68. The van der Waals surface area contributed by atoms with Crippen LogP contribution in [-0.2, 0) is 19.9 Å². The molecule has 0 fully saturated rings. The predicted octanol–water partition coefficient (Wildman–Crippen LogP) is 3.22. The van der Waals surface area contributed by atoms with E-state index in [-0.39, 0.29) is 23.8 Å². The number of anilines is 1. The largest absolute Gasteiger partial charge is 0.492 e. The van der Waals surface area contributed by atoms with Crippen LogP contribution in [0.5, 0.6) is 5.75 Å². The molecule has 1 heterocycles. The first kappa shape index (κ1) is 27.8. The van der Waals surface area contributed by atoms with Crippen LogP contribution in [0.25, 0.3) is 21.8 Å². The van der Waals surface area contributed by atoms with E-state index in [1.807, 2.05) is 18.2 Å². The highest BCUT2D eigenvalue weighted by atomic mass is 35.5. The Morgan fingerprint density at radius 2 is 1.64 bits per heavy atom. The first-order valence-electron chi connectivity index (χ1n) is 10.8. The first-order valence-corrected chi connectivity index (χ1v) is 14.6. The topological polar surface area (TPSA) is 138 Å². The van der Waals surface area contributed by atoms with Crippen molar-refractivity contribution < 1.29 is 26.7 Å². The van der Waals surface area contributed by atoms with Crippen LogP contribution in [0.2, 0.25) is 0 Å². The average molecular weight is 554 g/mol. The molecule has 9 nitrogen and oxygen atoms in total. The lowest BCUT2D eigenvalue weighted by Crippen LogP contribution is -2.26. The van der Waals surface area contributed by atoms with Crippen LogP contribution in [-0.4, -0.2) is 59.1 Å². The summed E-state index contributed by atoms with van der Waals surface area (Å²) in [5, 5.41) is 15.4. The molecule has 4 aromatic rings. The van der Waals surface area contributed by atoms with Gasteiger partial charge in [0, 0.05) is 47.4 Å². The third-order valence-corrected chi connectivity index (χ3v) is 7.15. The molecular weight excluding hydrogens is 526 g/mol. The molecular formula is C24H28ClN3O6S2. The number of sulfonamides is 1. The minimum atomic E-state index is -3.39. The highest BCUT2D eigenvalue weighted by Gasteiger charge is 2.12. The monoisotopic (exact) mass is 553 g/mol. The van der Waals surface area contributed by atoms with Crippen LogP contribution < -0.4 is 14.8 Å². The Morgan fingerprint density at radius 3 is 2.33 bits per heavy atom. The van der Waals surface area contributed by atoms with E-state index in [0.29, 0.717) is 30.2 Å². The van der Waals surface area contributed by atoms with Gasteiger partial charge in [0.1, 0.15) is 12.4 Å². The molecule has 3 aromatic carbocycles. The Morgan fingerprint density at radius 1 is 0.944 bits per heavy atom. The zero-order valence-corrected chi connectivity index (χ0v) is 22.1. The summed E-state index contributed by atoms with van der Waals surface area (Å²) in [5.41, 5.74) is 2.57. The molecule has 36 heavy (non-hydrogen) atoms. The molecule has 0 aliphatic heterocycles. The zero-order valence-electron chi connectivity index (χ0n) is 19.7. The van der Waals surface area contributed by atoms with Gasteiger partial charge in [-0.1, -0.05) is 18.2 Å². The number of aliphatic hydroxyl groups excluding tert-OH is 1. The molecule has 1 unspecified atom stereocenters. The Labute approximate surface area is 216 Å². The van der Waals surface area contributed by atoms with E-state index in [4.69, 9.17) is 4.74 Å². The van der Waals surface area contributed by atoms with Crippen molar-refractivity contribution in [3.8, 4) is 5.75 Å². The standard InChI is InChI=1S/C24H27N3O6S2.ClH/c1-34(29,30)19-7-9-21-20-8-6-18(13-22(20)26-23(21)14-19)33-11-10-25-15-24(28)16-4-3-5-17(12-16)27-35(2,31)32;/h3-9,12-14,24-28H,10-11,15H2,1-2H3;1H. The SMILES string of the molecule is CS(=O)(=O)Nc1cccc(C(O)CNCCOc2ccc3c(c2)[nH]c2cc(S(C)(=O)=O)ccc23)c1.Cl. The molecule has 0 aliphatic rings. The molecule has 1 aromatic heterocycles. The van der Waals surface area contributed by atoms with Gasteiger partial charge in [-0.2, -0.15) is 0 Å². The number of ether oxygens (including phenoxy) is 1. The van der Waals surface area contributed by atoms with E-state index < -0.39 is 26.0 Å². The van der Waals surface area contributed by atoms with Crippen LogP contribution in [0.15, 0.2) is 65.6 Å². The van der Waals surface area contributed by atoms with Gasteiger partial charge in [-0.15, -0.1) is 12.4 Å². The van der Waals surface area contributed by atoms with Crippen LogP contribution >= 0.6 is 12.4 Å². The number of nitrogens with one attached hydrogen (secondary N) is 3. The number of aromatic amines is 1. The molecule has 1 atom stereocenters. The number of fused-ring (bicyclic) bond motifs is 3. The van der Waals surface area contributed by atoms with E-state index in [0.717, 1.165) is 28.1 Å². The minimum Gasteiger partial charge on any atom is -0.492 e. The highest BCUT2D eigenvalue weighted by Crippen LogP contribution is 2.30. The van der Waals surface area contributed by atoms with Crippen LogP contribution in [0.4, 0.5) is 5.69 Å². The van der Waals surface area contributed by atoms with E-state index in [2.05, 4.69) is 15.0 Å². The van der Waals surface area contributed by atoms with Crippen molar-refractivity contribution in [3.05, 3.63) is 66.2 Å². The van der Waals surface area contributed by atoms with Gasteiger partial charge in [0.2, 0.25) is 10.0 Å². The quantitative estimate of drug-likeness (QED) is 0.221. The van der Waals surface area contributed by atoms with E-state index in [9.17, 15) is 21.9 Å². The number of hydrogen-bond donors (Lipinski definition) is 4. The number of benzene rings is 3. The van der Waals surface area contributed by atoms with Gasteiger partial charge in [0.05, 0.1) is 22.8 Å². The maximum Gasteiger partial charge on any atom is 0.229 e. The maximum atomic E-state index is 11.8. The Bertz CT molecular complexity index is 1590. The van der Waals surface area contributed by atoms with Crippen molar-refractivity contribution in [2.24, 2.45) is 0 Å². The molecule has 4 rings (SSSR count). The molecule has 0 aliphatic carbocycles. The van der Waals surface area contributed by atoms with Gasteiger partial charge in [-0.25, -0.2) is 16.8 Å². The van der Waals surface area contributed by atoms with E-state index >= 15 is 0 Å². The second-order valence-corrected chi connectivity index (χ2v) is 12.1. The van der Waals surface area contributed by atoms with Crippen LogP contribution in [0.1, 0.15) is 11.7 Å². The number of aromatic nitrogens is 1. The van der Waals surface area contributed by atoms with Gasteiger partial charge >= 0.3 is 0 Å². The van der Waals surface area contributed by atoms with Gasteiger partial charge < -0.3 is 20.1 Å². The fourth-order valence-corrected chi connectivity index (χ4v) is 5.01. The number of hydrogen-bond acceptors (Lipinski definition) is 7. The normalized spacial score (nSPS) is 12.9. The van der Waals surface area contributed by atoms with Gasteiger partial charge in [0.15, 0.2) is 9.84 Å². The molecule has 0 amide bonds. The molecule has 0 radical (unpaired) electrons. The Kier molecular flexibility index (Phi) is 8.52. The molecule has 4 N–H and O–H groups in total. The zero-order chi connectivity index (χ0) is 25.2. The van der Waals surface area contributed by atoms with Crippen molar-refractivity contribution in [3.63, 3.8) is 0 Å². The Balaban J connectivity index is 0.00000361. The van der Waals surface area contributed by atoms with E-state index in [1.54, 1.807) is 42.5 Å². The van der Waals surface area contributed by atoms with Crippen molar-refractivity contribution in [2.75, 3.05) is 36.9 Å². The molecule has 194 valence electrons. The third kappa shape index (κ3) is 6.89. The summed E-state index contributed by atoms with van der Waals surface area (Å²) in [6, 6.07) is 17.3. The second kappa shape index (κ2) is 11.1. The second-order valence-electron chi connectivity index (χ2n) is 8.38. The number of rotatable bonds is 10. The average Bonchev–Trinajstić information content (AvgIpc) is 3.14. The van der Waals surface area contributed by atoms with Crippen molar-refractivity contribution in [2.45, 2.75) is 11.0 Å². The lowest BCUT2D eigenvalue weighted by molar-refractivity contribution is 0.172. The molecule has 0 saturated carbocycles. The summed E-state index contributed by atoms with van der Waals surface area (Å²) in [4.78, 5) is 3.51. The minimum absolute atomic E-state index is 0. The maximum absolute atomic E-state index is 11.8. The summed E-state index contributed by atoms with van der Waals surface area (Å²) >= 11 is 0. The molecule has 0 spiro atoms. The smallest absolute Gasteiger partial charge is 0.229 e. The van der Waals surface area contributed by atoms with Crippen LogP contribution in [0, 0.1) is 0 Å². The summed E-state index contributed by atoms with van der Waals surface area (Å²) in [6.07, 6.45) is 1.45. The number of sulfone groups is 1. The van der Waals surface area contributed by atoms with Crippen molar-refractivity contribution in [1.82, 2.24) is 10.3 Å². The molecule has 0 bridgehead atoms. The van der Waals surface area contributed by atoms with Gasteiger partial charge in [-0.3, -0.25) is 4.72 Å². The van der Waals surface area contributed by atoms with Crippen LogP contribution in [0.3, 0.4) is 0 Å². The Hall–Kier alpha value is -2.83. The lowest BCUT2D eigenvalue weighted by Gasteiger charge is -2.14. The first-order chi connectivity index (χ1) is 16.5. The number of halogens is 1. The fraction of sp³-hybridized carbons (Fsp3) is 0.250. The summed E-state index contributed by atoms with van der Waals surface area (Å²) in [6.45, 7) is 1.13. The lowest BCUT2D eigenvalue weighted by atomic mass is 10.1. The van der Waals surface area contributed by atoms with E-state index in [1.165, 1.54) is 6.26 Å².